The lowest BCUT2D eigenvalue weighted by molar-refractivity contribution is 0.0913. The first-order chi connectivity index (χ1) is 12.0. The standard InChI is InChI=1S/C20H24N2O3/c1-12-4-5-19-16(8-12)14(3)15(11-24-19)9-18(23)17-10-20-22(21-17)7-6-13(2)25-20/h4-5,8,10,13-15H,6-7,9,11H2,1-3H3. The molecule has 0 N–H and O–H groups in total. The first kappa shape index (κ1) is 16.2. The number of aromatic nitrogens is 2. The second-order valence-corrected chi connectivity index (χ2v) is 7.34. The predicted octanol–water partition coefficient (Wildman–Crippen LogP) is 3.75. The van der Waals surface area contributed by atoms with Crippen molar-refractivity contribution in [3.63, 3.8) is 0 Å². The van der Waals surface area contributed by atoms with Gasteiger partial charge in [-0.1, -0.05) is 24.6 Å². The topological polar surface area (TPSA) is 53.4 Å². The fraction of sp³-hybridized carbons (Fsp3) is 0.500. The van der Waals surface area contributed by atoms with Crippen molar-refractivity contribution in [1.29, 1.82) is 0 Å². The number of hydrogen-bond acceptors (Lipinski definition) is 4. The summed E-state index contributed by atoms with van der Waals surface area (Å²) in [6.45, 7) is 7.68. The Morgan fingerprint density at radius 3 is 3.00 bits per heavy atom. The van der Waals surface area contributed by atoms with Crippen molar-refractivity contribution < 1.29 is 14.3 Å². The largest absolute Gasteiger partial charge is 0.493 e. The van der Waals surface area contributed by atoms with Gasteiger partial charge >= 0.3 is 0 Å². The van der Waals surface area contributed by atoms with Crippen molar-refractivity contribution in [3.05, 3.63) is 41.1 Å². The van der Waals surface area contributed by atoms with Gasteiger partial charge < -0.3 is 9.47 Å². The van der Waals surface area contributed by atoms with Gasteiger partial charge in [0.05, 0.1) is 12.7 Å². The molecule has 1 aromatic heterocycles. The van der Waals surface area contributed by atoms with E-state index in [2.05, 4.69) is 31.1 Å². The molecule has 0 saturated carbocycles. The molecular formula is C20H24N2O3. The molecule has 5 nitrogen and oxygen atoms in total. The van der Waals surface area contributed by atoms with E-state index in [1.54, 1.807) is 10.7 Å². The van der Waals surface area contributed by atoms with E-state index in [1.807, 2.05) is 13.0 Å². The SMILES string of the molecule is Cc1ccc2c(c1)C(C)C(CC(=O)c1cc3n(n1)CCC(C)O3)CO2. The molecule has 3 heterocycles. The average Bonchev–Trinajstić information content (AvgIpc) is 3.01. The number of aryl methyl sites for hydroxylation is 2. The fourth-order valence-corrected chi connectivity index (χ4v) is 3.69. The Hall–Kier alpha value is -2.30. The van der Waals surface area contributed by atoms with E-state index in [4.69, 9.17) is 9.47 Å². The van der Waals surface area contributed by atoms with Crippen LogP contribution in [0.5, 0.6) is 11.6 Å². The quantitative estimate of drug-likeness (QED) is 0.799. The number of carbonyl (C=O) groups is 1. The zero-order valence-electron chi connectivity index (χ0n) is 15.0. The Labute approximate surface area is 147 Å². The molecule has 25 heavy (non-hydrogen) atoms. The van der Waals surface area contributed by atoms with Crippen LogP contribution < -0.4 is 9.47 Å². The minimum atomic E-state index is 0.0645. The number of nitrogens with zero attached hydrogens (tertiary/aromatic N) is 2. The molecule has 0 spiro atoms. The summed E-state index contributed by atoms with van der Waals surface area (Å²) in [7, 11) is 0. The van der Waals surface area contributed by atoms with Crippen molar-refractivity contribution in [2.45, 2.75) is 52.2 Å². The molecule has 0 amide bonds. The fourth-order valence-electron chi connectivity index (χ4n) is 3.69. The molecule has 0 radical (unpaired) electrons. The molecule has 2 aliphatic heterocycles. The highest BCUT2D eigenvalue weighted by Gasteiger charge is 2.31. The summed E-state index contributed by atoms with van der Waals surface area (Å²) in [5.41, 5.74) is 2.92. The second-order valence-electron chi connectivity index (χ2n) is 7.34. The Kier molecular flexibility index (Phi) is 4.02. The van der Waals surface area contributed by atoms with Crippen LogP contribution in [0.15, 0.2) is 24.3 Å². The number of Topliss-reactive ketones (excluding diaryl/α,β-unsaturated/α-hetero) is 1. The molecule has 0 saturated heterocycles. The van der Waals surface area contributed by atoms with Gasteiger partial charge in [0, 0.05) is 31.4 Å². The van der Waals surface area contributed by atoms with Crippen LogP contribution in [-0.2, 0) is 6.54 Å². The monoisotopic (exact) mass is 340 g/mol. The molecule has 4 rings (SSSR count). The third-order valence-corrected chi connectivity index (χ3v) is 5.36. The minimum absolute atomic E-state index is 0.0645. The first-order valence-corrected chi connectivity index (χ1v) is 9.02. The van der Waals surface area contributed by atoms with Gasteiger partial charge in [0.15, 0.2) is 5.78 Å². The van der Waals surface area contributed by atoms with Crippen LogP contribution in [0.4, 0.5) is 0 Å². The summed E-state index contributed by atoms with van der Waals surface area (Å²) in [4.78, 5) is 12.7. The molecule has 2 aliphatic rings. The van der Waals surface area contributed by atoms with Gasteiger partial charge in [-0.15, -0.1) is 0 Å². The van der Waals surface area contributed by atoms with Gasteiger partial charge in [-0.3, -0.25) is 4.79 Å². The van der Waals surface area contributed by atoms with Crippen molar-refractivity contribution >= 4 is 5.78 Å². The average molecular weight is 340 g/mol. The van der Waals surface area contributed by atoms with Crippen LogP contribution in [0.3, 0.4) is 0 Å². The van der Waals surface area contributed by atoms with E-state index in [9.17, 15) is 4.79 Å². The van der Waals surface area contributed by atoms with Gasteiger partial charge in [-0.2, -0.15) is 5.10 Å². The number of rotatable bonds is 3. The molecule has 2 aromatic rings. The Balaban J connectivity index is 1.50. The van der Waals surface area contributed by atoms with E-state index in [-0.39, 0.29) is 17.8 Å². The highest BCUT2D eigenvalue weighted by molar-refractivity contribution is 5.94. The van der Waals surface area contributed by atoms with Gasteiger partial charge in [-0.05, 0) is 31.4 Å². The van der Waals surface area contributed by atoms with E-state index in [1.165, 1.54) is 11.1 Å². The minimum Gasteiger partial charge on any atom is -0.493 e. The third-order valence-electron chi connectivity index (χ3n) is 5.36. The van der Waals surface area contributed by atoms with Crippen LogP contribution in [0.2, 0.25) is 0 Å². The number of benzene rings is 1. The number of fused-ring (bicyclic) bond motifs is 2. The van der Waals surface area contributed by atoms with Gasteiger partial charge in [0.25, 0.3) is 0 Å². The molecule has 0 fully saturated rings. The molecule has 3 atom stereocenters. The zero-order chi connectivity index (χ0) is 17.6. The summed E-state index contributed by atoms with van der Waals surface area (Å²) in [5.74, 6) is 2.17. The predicted molar refractivity (Wildman–Crippen MR) is 94.5 cm³/mol. The number of hydrogen-bond donors (Lipinski definition) is 0. The maximum atomic E-state index is 12.7. The highest BCUT2D eigenvalue weighted by atomic mass is 16.5. The second kappa shape index (κ2) is 6.21. The molecule has 0 aliphatic carbocycles. The molecule has 0 bridgehead atoms. The Bertz CT molecular complexity index is 811. The van der Waals surface area contributed by atoms with Crippen molar-refractivity contribution in [1.82, 2.24) is 9.78 Å². The zero-order valence-corrected chi connectivity index (χ0v) is 15.0. The normalized spacial score (nSPS) is 24.7. The van der Waals surface area contributed by atoms with Gasteiger partial charge in [0.2, 0.25) is 5.88 Å². The maximum absolute atomic E-state index is 12.7. The first-order valence-electron chi connectivity index (χ1n) is 9.02. The van der Waals surface area contributed by atoms with E-state index in [0.29, 0.717) is 30.5 Å². The lowest BCUT2D eigenvalue weighted by Crippen LogP contribution is -2.27. The number of ether oxygens (including phenoxy) is 2. The van der Waals surface area contributed by atoms with Crippen LogP contribution in [0, 0.1) is 12.8 Å². The van der Waals surface area contributed by atoms with Crippen molar-refractivity contribution in [2.24, 2.45) is 5.92 Å². The molecule has 1 aromatic carbocycles. The Morgan fingerprint density at radius 1 is 1.32 bits per heavy atom. The van der Waals surface area contributed by atoms with Crippen molar-refractivity contribution in [2.75, 3.05) is 6.61 Å². The number of carbonyl (C=O) groups excluding carboxylic acids is 1. The molecule has 5 heteroatoms. The Morgan fingerprint density at radius 2 is 2.16 bits per heavy atom. The van der Waals surface area contributed by atoms with Gasteiger partial charge in [0.1, 0.15) is 11.4 Å². The van der Waals surface area contributed by atoms with Gasteiger partial charge in [-0.25, -0.2) is 4.68 Å². The van der Waals surface area contributed by atoms with Crippen LogP contribution in [0.25, 0.3) is 0 Å². The highest BCUT2D eigenvalue weighted by Crippen LogP contribution is 2.39. The van der Waals surface area contributed by atoms with E-state index < -0.39 is 0 Å². The van der Waals surface area contributed by atoms with E-state index >= 15 is 0 Å². The van der Waals surface area contributed by atoms with Crippen LogP contribution in [0.1, 0.15) is 54.2 Å². The maximum Gasteiger partial charge on any atom is 0.212 e. The molecular weight excluding hydrogens is 316 g/mol. The lowest BCUT2D eigenvalue weighted by Gasteiger charge is -2.31. The van der Waals surface area contributed by atoms with Crippen LogP contribution in [-0.4, -0.2) is 28.3 Å². The van der Waals surface area contributed by atoms with Crippen molar-refractivity contribution in [3.8, 4) is 11.6 Å². The van der Waals surface area contributed by atoms with E-state index in [0.717, 1.165) is 18.7 Å². The molecule has 3 unspecified atom stereocenters. The summed E-state index contributed by atoms with van der Waals surface area (Å²) in [6, 6.07) is 8.04. The lowest BCUT2D eigenvalue weighted by atomic mass is 9.82. The molecule has 132 valence electrons. The summed E-state index contributed by atoms with van der Waals surface area (Å²) in [6.07, 6.45) is 1.55. The smallest absolute Gasteiger partial charge is 0.212 e. The van der Waals surface area contributed by atoms with Crippen LogP contribution >= 0.6 is 0 Å². The summed E-state index contributed by atoms with van der Waals surface area (Å²) < 4.78 is 13.4. The number of ketones is 1. The third kappa shape index (κ3) is 3.03. The summed E-state index contributed by atoms with van der Waals surface area (Å²) in [5, 5.41) is 4.44. The summed E-state index contributed by atoms with van der Waals surface area (Å²) >= 11 is 0.